The Hall–Kier alpha value is -2.09. The zero-order valence-corrected chi connectivity index (χ0v) is 14.5. The van der Waals surface area contributed by atoms with Crippen molar-refractivity contribution in [2.75, 3.05) is 18.1 Å². The summed E-state index contributed by atoms with van der Waals surface area (Å²) in [6, 6.07) is 6.82. The Morgan fingerprint density at radius 2 is 2.12 bits per heavy atom. The Bertz CT molecular complexity index is 715. The smallest absolute Gasteiger partial charge is 0.347 e. The maximum absolute atomic E-state index is 11.9. The summed E-state index contributed by atoms with van der Waals surface area (Å²) in [5, 5.41) is 2.55. The van der Waals surface area contributed by atoms with Crippen LogP contribution in [-0.4, -0.2) is 50.6 Å². The lowest BCUT2D eigenvalue weighted by molar-refractivity contribution is -0.154. The topological polar surface area (TPSA) is 98.8 Å². The zero-order valence-electron chi connectivity index (χ0n) is 13.7. The van der Waals surface area contributed by atoms with Crippen LogP contribution in [0.25, 0.3) is 0 Å². The van der Waals surface area contributed by atoms with Gasteiger partial charge in [-0.15, -0.1) is 0 Å². The predicted octanol–water partition coefficient (Wildman–Crippen LogP) is 0.609. The van der Waals surface area contributed by atoms with Gasteiger partial charge in [0, 0.05) is 6.04 Å². The fraction of sp³-hybridized carbons (Fsp3) is 0.500. The first-order chi connectivity index (χ1) is 11.2. The number of hydrogen-bond acceptors (Lipinski definition) is 6. The van der Waals surface area contributed by atoms with Crippen LogP contribution in [0.1, 0.15) is 18.9 Å². The van der Waals surface area contributed by atoms with E-state index in [1.165, 1.54) is 6.92 Å². The van der Waals surface area contributed by atoms with Gasteiger partial charge in [0.05, 0.1) is 11.5 Å². The molecule has 1 saturated heterocycles. The van der Waals surface area contributed by atoms with Gasteiger partial charge in [0.1, 0.15) is 5.75 Å². The van der Waals surface area contributed by atoms with Crippen molar-refractivity contribution in [3.8, 4) is 5.75 Å². The third-order valence-electron chi connectivity index (χ3n) is 3.58. The lowest BCUT2D eigenvalue weighted by atomic mass is 10.2. The summed E-state index contributed by atoms with van der Waals surface area (Å²) in [6.45, 7) is 2.98. The van der Waals surface area contributed by atoms with E-state index in [0.29, 0.717) is 12.2 Å². The molecule has 1 heterocycles. The molecule has 0 bridgehead atoms. The molecule has 1 aromatic rings. The molecule has 1 N–H and O–H groups in total. The Kier molecular flexibility index (Phi) is 5.82. The molecular weight excluding hydrogens is 334 g/mol. The van der Waals surface area contributed by atoms with Crippen LogP contribution in [-0.2, 0) is 24.2 Å². The summed E-state index contributed by atoms with van der Waals surface area (Å²) < 4.78 is 33.0. The van der Waals surface area contributed by atoms with Gasteiger partial charge in [0.25, 0.3) is 5.91 Å². The Morgan fingerprint density at radius 3 is 2.75 bits per heavy atom. The fourth-order valence-corrected chi connectivity index (χ4v) is 4.05. The SMILES string of the molecule is Cc1cccc(O[C@H](C)C(=O)OCC(=O)N[C@H]2CCS(=O)(=O)C2)c1. The highest BCUT2D eigenvalue weighted by atomic mass is 32.2. The summed E-state index contributed by atoms with van der Waals surface area (Å²) in [4.78, 5) is 23.6. The Labute approximate surface area is 141 Å². The number of aryl methyl sites for hydroxylation is 1. The summed E-state index contributed by atoms with van der Waals surface area (Å²) in [6.07, 6.45) is -0.471. The molecule has 0 saturated carbocycles. The van der Waals surface area contributed by atoms with E-state index >= 15 is 0 Å². The maximum atomic E-state index is 11.9. The Morgan fingerprint density at radius 1 is 1.38 bits per heavy atom. The minimum atomic E-state index is -3.07. The number of hydrogen-bond donors (Lipinski definition) is 1. The first kappa shape index (κ1) is 18.3. The molecular formula is C16H21NO6S. The minimum Gasteiger partial charge on any atom is -0.479 e. The lowest BCUT2D eigenvalue weighted by Gasteiger charge is -2.15. The molecule has 1 amide bonds. The average molecular weight is 355 g/mol. The summed E-state index contributed by atoms with van der Waals surface area (Å²) in [7, 11) is -3.07. The number of carbonyl (C=O) groups excluding carboxylic acids is 2. The van der Waals surface area contributed by atoms with E-state index in [4.69, 9.17) is 9.47 Å². The normalized spacial score (nSPS) is 20.2. The second-order valence-corrected chi connectivity index (χ2v) is 8.08. The van der Waals surface area contributed by atoms with Gasteiger partial charge >= 0.3 is 5.97 Å². The van der Waals surface area contributed by atoms with Crippen molar-refractivity contribution in [3.05, 3.63) is 29.8 Å². The lowest BCUT2D eigenvalue weighted by Crippen LogP contribution is -2.39. The number of rotatable bonds is 6. The molecule has 0 unspecified atom stereocenters. The van der Waals surface area contributed by atoms with Crippen molar-refractivity contribution in [3.63, 3.8) is 0 Å². The molecule has 1 aliphatic heterocycles. The van der Waals surface area contributed by atoms with Gasteiger partial charge in [-0.05, 0) is 38.0 Å². The van der Waals surface area contributed by atoms with Gasteiger partial charge in [-0.1, -0.05) is 12.1 Å². The maximum Gasteiger partial charge on any atom is 0.347 e. The zero-order chi connectivity index (χ0) is 17.7. The van der Waals surface area contributed by atoms with Crippen LogP contribution in [0.2, 0.25) is 0 Å². The molecule has 7 nitrogen and oxygen atoms in total. The highest BCUT2D eigenvalue weighted by molar-refractivity contribution is 7.91. The van der Waals surface area contributed by atoms with E-state index in [1.807, 2.05) is 19.1 Å². The first-order valence-electron chi connectivity index (χ1n) is 7.65. The molecule has 0 radical (unpaired) electrons. The quantitative estimate of drug-likeness (QED) is 0.751. The van der Waals surface area contributed by atoms with Crippen molar-refractivity contribution in [2.45, 2.75) is 32.4 Å². The Balaban J connectivity index is 1.74. The van der Waals surface area contributed by atoms with Gasteiger partial charge in [-0.2, -0.15) is 0 Å². The van der Waals surface area contributed by atoms with Crippen LogP contribution < -0.4 is 10.1 Å². The van der Waals surface area contributed by atoms with E-state index in [-0.39, 0.29) is 11.5 Å². The van der Waals surface area contributed by atoms with Crippen LogP contribution >= 0.6 is 0 Å². The molecule has 2 rings (SSSR count). The van der Waals surface area contributed by atoms with Crippen molar-refractivity contribution < 1.29 is 27.5 Å². The van der Waals surface area contributed by atoms with Crippen LogP contribution in [0.4, 0.5) is 0 Å². The largest absolute Gasteiger partial charge is 0.479 e. The predicted molar refractivity (Wildman–Crippen MR) is 87.4 cm³/mol. The van der Waals surface area contributed by atoms with Gasteiger partial charge in [0.2, 0.25) is 0 Å². The van der Waals surface area contributed by atoms with Crippen LogP contribution in [0.15, 0.2) is 24.3 Å². The number of nitrogens with one attached hydrogen (secondary N) is 1. The average Bonchev–Trinajstić information content (AvgIpc) is 2.83. The van der Waals surface area contributed by atoms with E-state index in [2.05, 4.69) is 5.32 Å². The van der Waals surface area contributed by atoms with Crippen molar-refractivity contribution in [2.24, 2.45) is 0 Å². The third-order valence-corrected chi connectivity index (χ3v) is 5.35. The van der Waals surface area contributed by atoms with Crippen molar-refractivity contribution in [1.29, 1.82) is 0 Å². The fourth-order valence-electron chi connectivity index (χ4n) is 2.37. The van der Waals surface area contributed by atoms with Crippen LogP contribution in [0, 0.1) is 6.92 Å². The highest BCUT2D eigenvalue weighted by Crippen LogP contribution is 2.14. The van der Waals surface area contributed by atoms with Gasteiger partial charge in [0.15, 0.2) is 22.5 Å². The molecule has 0 spiro atoms. The standard InChI is InChI=1S/C16H21NO6S/c1-11-4-3-5-14(8-11)23-12(2)16(19)22-9-15(18)17-13-6-7-24(20,21)10-13/h3-5,8,12-13H,6-7,9-10H2,1-2H3,(H,17,18)/t12-,13+/m1/s1. The monoisotopic (exact) mass is 355 g/mol. The third kappa shape index (κ3) is 5.52. The molecule has 132 valence electrons. The number of esters is 1. The number of carbonyl (C=O) groups is 2. The van der Waals surface area contributed by atoms with Crippen molar-refractivity contribution >= 4 is 21.7 Å². The van der Waals surface area contributed by atoms with E-state index in [0.717, 1.165) is 5.56 Å². The van der Waals surface area contributed by atoms with Gasteiger partial charge in [-0.3, -0.25) is 4.79 Å². The molecule has 2 atom stereocenters. The van der Waals surface area contributed by atoms with Crippen LogP contribution in [0.5, 0.6) is 5.75 Å². The molecule has 1 aliphatic rings. The molecule has 1 fully saturated rings. The summed E-state index contributed by atoms with van der Waals surface area (Å²) in [5.41, 5.74) is 0.999. The van der Waals surface area contributed by atoms with Gasteiger partial charge < -0.3 is 14.8 Å². The molecule has 0 aliphatic carbocycles. The van der Waals surface area contributed by atoms with Gasteiger partial charge in [-0.25, -0.2) is 13.2 Å². The second-order valence-electron chi connectivity index (χ2n) is 5.85. The minimum absolute atomic E-state index is 0.0686. The molecule has 0 aromatic heterocycles. The van der Waals surface area contributed by atoms with E-state index < -0.39 is 40.5 Å². The van der Waals surface area contributed by atoms with Crippen molar-refractivity contribution in [1.82, 2.24) is 5.32 Å². The summed E-state index contributed by atoms with van der Waals surface area (Å²) >= 11 is 0. The number of sulfone groups is 1. The molecule has 1 aromatic carbocycles. The van der Waals surface area contributed by atoms with E-state index in [9.17, 15) is 18.0 Å². The molecule has 8 heteroatoms. The van der Waals surface area contributed by atoms with Crippen LogP contribution in [0.3, 0.4) is 0 Å². The number of benzene rings is 1. The number of amides is 1. The molecule has 24 heavy (non-hydrogen) atoms. The first-order valence-corrected chi connectivity index (χ1v) is 9.47. The second kappa shape index (κ2) is 7.65. The van der Waals surface area contributed by atoms with E-state index in [1.54, 1.807) is 12.1 Å². The summed E-state index contributed by atoms with van der Waals surface area (Å²) in [5.74, 6) is -0.641. The number of ether oxygens (including phenoxy) is 2. The highest BCUT2D eigenvalue weighted by Gasteiger charge is 2.29.